The summed E-state index contributed by atoms with van der Waals surface area (Å²) < 4.78 is 0. The molecule has 90 valence electrons. The van der Waals surface area contributed by atoms with E-state index in [1.807, 2.05) is 0 Å². The minimum Gasteiger partial charge on any atom is -0.310 e. The van der Waals surface area contributed by atoms with Crippen LogP contribution in [0.3, 0.4) is 0 Å². The number of hydrogen-bond acceptors (Lipinski definition) is 1. The van der Waals surface area contributed by atoms with E-state index in [2.05, 4.69) is 65.1 Å². The van der Waals surface area contributed by atoms with Crippen LogP contribution in [-0.4, -0.2) is 6.04 Å². The van der Waals surface area contributed by atoms with Crippen molar-refractivity contribution in [2.45, 2.75) is 54.1 Å². The Labute approximate surface area is 100 Å². The van der Waals surface area contributed by atoms with Crippen molar-refractivity contribution in [1.29, 1.82) is 0 Å². The highest BCUT2D eigenvalue weighted by Gasteiger charge is 2.19. The first-order chi connectivity index (χ1) is 7.30. The Kier molecular flexibility index (Phi) is 4.15. The number of nitrogens with one attached hydrogen (secondary N) is 1. The third-order valence-corrected chi connectivity index (χ3v) is 3.40. The van der Waals surface area contributed by atoms with Crippen molar-refractivity contribution < 1.29 is 0 Å². The summed E-state index contributed by atoms with van der Waals surface area (Å²) in [5, 5.41) is 3.61. The topological polar surface area (TPSA) is 12.0 Å². The Balaban J connectivity index is 2.64. The van der Waals surface area contributed by atoms with Crippen LogP contribution in [0.5, 0.6) is 0 Å². The van der Waals surface area contributed by atoms with Crippen molar-refractivity contribution in [1.82, 2.24) is 5.32 Å². The first-order valence-electron chi connectivity index (χ1n) is 6.10. The molecule has 0 radical (unpaired) electrons. The Bertz CT molecular complexity index is 347. The summed E-state index contributed by atoms with van der Waals surface area (Å²) in [7, 11) is 0. The molecule has 0 fully saturated rings. The molecule has 0 heterocycles. The molecule has 1 aromatic rings. The smallest absolute Gasteiger partial charge is 0.0210 e. The van der Waals surface area contributed by atoms with E-state index in [-0.39, 0.29) is 0 Å². The van der Waals surface area contributed by atoms with Crippen LogP contribution in [-0.2, 0) is 6.54 Å². The number of benzene rings is 1. The molecule has 0 saturated carbocycles. The molecule has 1 atom stereocenters. The van der Waals surface area contributed by atoms with Crippen LogP contribution in [0.1, 0.15) is 44.4 Å². The maximum absolute atomic E-state index is 3.61. The third kappa shape index (κ3) is 3.64. The van der Waals surface area contributed by atoms with Gasteiger partial charge in [-0.2, -0.15) is 0 Å². The van der Waals surface area contributed by atoms with E-state index in [0.717, 1.165) is 6.54 Å². The van der Waals surface area contributed by atoms with Gasteiger partial charge in [0.05, 0.1) is 0 Å². The quantitative estimate of drug-likeness (QED) is 0.814. The van der Waals surface area contributed by atoms with Gasteiger partial charge in [-0.05, 0) is 37.3 Å². The summed E-state index contributed by atoms with van der Waals surface area (Å²) in [6.07, 6.45) is 0. The zero-order chi connectivity index (χ0) is 12.3. The summed E-state index contributed by atoms with van der Waals surface area (Å²) in [5.74, 6) is 0. The summed E-state index contributed by atoms with van der Waals surface area (Å²) >= 11 is 0. The van der Waals surface area contributed by atoms with Gasteiger partial charge in [-0.3, -0.25) is 0 Å². The van der Waals surface area contributed by atoms with E-state index < -0.39 is 0 Å². The van der Waals surface area contributed by atoms with Gasteiger partial charge in [-0.15, -0.1) is 0 Å². The molecule has 1 rings (SSSR count). The van der Waals surface area contributed by atoms with Crippen molar-refractivity contribution in [2.75, 3.05) is 0 Å². The zero-order valence-corrected chi connectivity index (χ0v) is 11.5. The van der Waals surface area contributed by atoms with Crippen molar-refractivity contribution in [3.05, 3.63) is 34.9 Å². The van der Waals surface area contributed by atoms with Gasteiger partial charge >= 0.3 is 0 Å². The van der Waals surface area contributed by atoms with E-state index >= 15 is 0 Å². The van der Waals surface area contributed by atoms with Crippen LogP contribution < -0.4 is 5.32 Å². The average molecular weight is 219 g/mol. The molecule has 1 N–H and O–H groups in total. The second-order valence-electron chi connectivity index (χ2n) is 5.90. The van der Waals surface area contributed by atoms with Gasteiger partial charge in [0.2, 0.25) is 0 Å². The lowest BCUT2D eigenvalue weighted by atomic mass is 9.88. The number of hydrogen-bond donors (Lipinski definition) is 1. The van der Waals surface area contributed by atoms with E-state index in [0.29, 0.717) is 11.5 Å². The van der Waals surface area contributed by atoms with Gasteiger partial charge in [-0.1, -0.05) is 44.5 Å². The highest BCUT2D eigenvalue weighted by atomic mass is 14.9. The largest absolute Gasteiger partial charge is 0.310 e. The summed E-state index contributed by atoms with van der Waals surface area (Å²) in [6, 6.07) is 7.17. The highest BCUT2D eigenvalue weighted by Crippen LogP contribution is 2.19. The summed E-state index contributed by atoms with van der Waals surface area (Å²) in [4.78, 5) is 0. The molecule has 0 aliphatic rings. The summed E-state index contributed by atoms with van der Waals surface area (Å²) in [6.45, 7) is 14.4. The van der Waals surface area contributed by atoms with Crippen molar-refractivity contribution in [3.8, 4) is 0 Å². The van der Waals surface area contributed by atoms with Crippen molar-refractivity contribution in [3.63, 3.8) is 0 Å². The normalized spacial score (nSPS) is 13.9. The maximum Gasteiger partial charge on any atom is 0.0210 e. The average Bonchev–Trinajstić information content (AvgIpc) is 2.17. The van der Waals surface area contributed by atoms with Crippen LogP contribution in [0.25, 0.3) is 0 Å². The Morgan fingerprint density at radius 2 is 1.81 bits per heavy atom. The monoisotopic (exact) mass is 219 g/mol. The molecule has 1 heteroatoms. The second-order valence-corrected chi connectivity index (χ2v) is 5.90. The van der Waals surface area contributed by atoms with Gasteiger partial charge in [0.25, 0.3) is 0 Å². The molecule has 0 aliphatic carbocycles. The molecule has 1 unspecified atom stereocenters. The Morgan fingerprint density at radius 3 is 2.38 bits per heavy atom. The van der Waals surface area contributed by atoms with Crippen LogP contribution in [0, 0.1) is 19.3 Å². The maximum atomic E-state index is 3.61. The van der Waals surface area contributed by atoms with Gasteiger partial charge in [0, 0.05) is 12.6 Å². The van der Waals surface area contributed by atoms with E-state index in [1.54, 1.807) is 0 Å². The fraction of sp³-hybridized carbons (Fsp3) is 0.600. The molecular weight excluding hydrogens is 194 g/mol. The molecule has 0 aromatic heterocycles. The van der Waals surface area contributed by atoms with E-state index in [4.69, 9.17) is 0 Å². The first kappa shape index (κ1) is 13.2. The zero-order valence-electron chi connectivity index (χ0n) is 11.5. The first-order valence-corrected chi connectivity index (χ1v) is 6.10. The van der Waals surface area contributed by atoms with Crippen molar-refractivity contribution in [2.24, 2.45) is 5.41 Å². The van der Waals surface area contributed by atoms with Gasteiger partial charge < -0.3 is 5.32 Å². The van der Waals surface area contributed by atoms with E-state index in [9.17, 15) is 0 Å². The SMILES string of the molecule is Cc1ccc(C)c(CNC(C)C(C)(C)C)c1. The lowest BCUT2D eigenvalue weighted by Gasteiger charge is -2.28. The van der Waals surface area contributed by atoms with Crippen LogP contribution >= 0.6 is 0 Å². The van der Waals surface area contributed by atoms with E-state index in [1.165, 1.54) is 16.7 Å². The second kappa shape index (κ2) is 5.01. The van der Waals surface area contributed by atoms with Crippen molar-refractivity contribution >= 4 is 0 Å². The predicted octanol–water partition coefficient (Wildman–Crippen LogP) is 3.83. The summed E-state index contributed by atoms with van der Waals surface area (Å²) in [5.41, 5.74) is 4.44. The van der Waals surface area contributed by atoms with Crippen LogP contribution in [0.15, 0.2) is 18.2 Å². The number of rotatable bonds is 3. The molecule has 16 heavy (non-hydrogen) atoms. The molecule has 0 aliphatic heterocycles. The lowest BCUT2D eigenvalue weighted by molar-refractivity contribution is 0.285. The van der Waals surface area contributed by atoms with Crippen LogP contribution in [0.2, 0.25) is 0 Å². The molecular formula is C15H25N. The van der Waals surface area contributed by atoms with Gasteiger partial charge in [-0.25, -0.2) is 0 Å². The standard InChI is InChI=1S/C15H25N/c1-11-7-8-12(2)14(9-11)10-16-13(3)15(4,5)6/h7-9,13,16H,10H2,1-6H3. The molecule has 1 nitrogen and oxygen atoms in total. The fourth-order valence-corrected chi connectivity index (χ4v) is 1.56. The minimum absolute atomic E-state index is 0.317. The van der Waals surface area contributed by atoms with Gasteiger partial charge in [0.1, 0.15) is 0 Å². The third-order valence-electron chi connectivity index (χ3n) is 3.40. The molecule has 0 amide bonds. The van der Waals surface area contributed by atoms with Crippen LogP contribution in [0.4, 0.5) is 0 Å². The minimum atomic E-state index is 0.317. The Morgan fingerprint density at radius 1 is 1.19 bits per heavy atom. The molecule has 0 spiro atoms. The Hall–Kier alpha value is -0.820. The predicted molar refractivity (Wildman–Crippen MR) is 71.7 cm³/mol. The van der Waals surface area contributed by atoms with Gasteiger partial charge in [0.15, 0.2) is 0 Å². The fourth-order valence-electron chi connectivity index (χ4n) is 1.56. The molecule has 0 bridgehead atoms. The molecule has 0 saturated heterocycles. The number of aryl methyl sites for hydroxylation is 2. The molecule has 1 aromatic carbocycles. The highest BCUT2D eigenvalue weighted by molar-refractivity contribution is 5.30. The lowest BCUT2D eigenvalue weighted by Crippen LogP contribution is -2.37.